The first-order valence-corrected chi connectivity index (χ1v) is 23.3. The van der Waals surface area contributed by atoms with Crippen LogP contribution in [-0.4, -0.2) is 13.6 Å². The van der Waals surface area contributed by atoms with Crippen molar-refractivity contribution in [3.63, 3.8) is 0 Å². The van der Waals surface area contributed by atoms with Gasteiger partial charge in [-0.05, 0) is 0 Å². The van der Waals surface area contributed by atoms with Gasteiger partial charge in [0.15, 0.2) is 0 Å². The zero-order chi connectivity index (χ0) is 35.3. The third-order valence-electron chi connectivity index (χ3n) is 12.1. The molecule has 0 spiro atoms. The van der Waals surface area contributed by atoms with E-state index in [9.17, 15) is 0 Å². The van der Waals surface area contributed by atoms with Gasteiger partial charge < -0.3 is 0 Å². The molecule has 0 atom stereocenters. The van der Waals surface area contributed by atoms with Crippen LogP contribution >= 0.6 is 18.0 Å². The third kappa shape index (κ3) is 3.58. The van der Waals surface area contributed by atoms with Crippen molar-refractivity contribution in [1.29, 1.82) is 0 Å². The van der Waals surface area contributed by atoms with Crippen molar-refractivity contribution >= 4 is 109 Å². The Morgan fingerprint density at radius 1 is 0.333 bits per heavy atom. The molecule has 54 heavy (non-hydrogen) atoms. The molecule has 0 amide bonds. The summed E-state index contributed by atoms with van der Waals surface area (Å²) in [5.74, 6) is 0. The second-order valence-electron chi connectivity index (χ2n) is 14.8. The van der Waals surface area contributed by atoms with Crippen LogP contribution in [0.1, 0.15) is 0 Å². The average Bonchev–Trinajstić information content (AvgIpc) is 3.84. The molecule has 0 radical (unpaired) electrons. The molecule has 0 aliphatic carbocycles. The van der Waals surface area contributed by atoms with Gasteiger partial charge in [-0.25, -0.2) is 0 Å². The second kappa shape index (κ2) is 10.2. The van der Waals surface area contributed by atoms with Crippen LogP contribution in [0.5, 0.6) is 0 Å². The first-order valence-electron chi connectivity index (χ1n) is 18.5. The van der Waals surface area contributed by atoms with Gasteiger partial charge in [0.2, 0.25) is 0 Å². The molecule has 0 saturated carbocycles. The maximum atomic E-state index is 5.30. The number of hydrogen-bond donors (Lipinski definition) is 0. The SMILES string of the molecule is C=I1(c2ccc3c(c2)c2cc(-n4c5cccc6ccc7cccc4c7c65)ccc2n3-c2ccc3ccccc3c2)c2cccc3ccc4cccc1c4c23. The van der Waals surface area contributed by atoms with Crippen LogP contribution < -0.4 is 0 Å². The minimum atomic E-state index is -3.20. The van der Waals surface area contributed by atoms with Gasteiger partial charge in [-0.2, -0.15) is 0 Å². The fourth-order valence-electron chi connectivity index (χ4n) is 9.76. The van der Waals surface area contributed by atoms with E-state index in [-0.39, 0.29) is 0 Å². The molecule has 0 fully saturated rings. The summed E-state index contributed by atoms with van der Waals surface area (Å²) < 4.78 is 14.6. The number of fused-ring (bicyclic) bond motifs is 4. The Morgan fingerprint density at radius 3 is 1.44 bits per heavy atom. The Balaban J connectivity index is 1.13. The number of nitrogens with zero attached hydrogens (tertiary/aromatic N) is 2. The van der Waals surface area contributed by atoms with Gasteiger partial charge in [0.1, 0.15) is 0 Å². The molecule has 2 nitrogen and oxygen atoms in total. The van der Waals surface area contributed by atoms with E-state index in [1.165, 1.54) is 109 Å². The predicted molar refractivity (Wildman–Crippen MR) is 240 cm³/mol. The van der Waals surface area contributed by atoms with E-state index in [1.807, 2.05) is 0 Å². The zero-order valence-corrected chi connectivity index (χ0v) is 31.4. The molecule has 0 unspecified atom stereocenters. The van der Waals surface area contributed by atoms with E-state index in [0.29, 0.717) is 0 Å². The van der Waals surface area contributed by atoms with Crippen molar-refractivity contribution in [1.82, 2.24) is 9.13 Å². The quantitative estimate of drug-likeness (QED) is 0.124. The van der Waals surface area contributed by atoms with Crippen LogP contribution in [0.3, 0.4) is 0 Å². The topological polar surface area (TPSA) is 9.86 Å². The van der Waals surface area contributed by atoms with Crippen LogP contribution in [0.25, 0.3) is 98.1 Å². The molecule has 3 heteroatoms. The predicted octanol–water partition coefficient (Wildman–Crippen LogP) is 13.6. The molecule has 3 heterocycles. The van der Waals surface area contributed by atoms with Crippen molar-refractivity contribution in [2.24, 2.45) is 0 Å². The summed E-state index contributed by atoms with van der Waals surface area (Å²) in [6.07, 6.45) is 0. The first-order chi connectivity index (χ1) is 26.6. The summed E-state index contributed by atoms with van der Waals surface area (Å²) in [5, 5.41) is 15.7. The van der Waals surface area contributed by atoms with Gasteiger partial charge in [0.25, 0.3) is 0 Å². The number of benzene rings is 10. The van der Waals surface area contributed by atoms with E-state index in [2.05, 4.69) is 185 Å². The first kappa shape index (κ1) is 29.2. The Hall–Kier alpha value is -6.30. The molecule has 13 rings (SSSR count). The molecular weight excluding hydrogens is 767 g/mol. The van der Waals surface area contributed by atoms with Gasteiger partial charge in [0, 0.05) is 0 Å². The van der Waals surface area contributed by atoms with E-state index in [1.54, 1.807) is 0 Å². The van der Waals surface area contributed by atoms with E-state index < -0.39 is 18.0 Å². The number of halogens is 1. The van der Waals surface area contributed by atoms with Crippen molar-refractivity contribution < 1.29 is 0 Å². The third-order valence-corrected chi connectivity index (χ3v) is 20.7. The Labute approximate surface area is 314 Å². The summed E-state index contributed by atoms with van der Waals surface area (Å²) in [6, 6.07) is 66.2. The average molecular weight is 799 g/mol. The number of aromatic nitrogens is 2. The Kier molecular flexibility index (Phi) is 5.52. The van der Waals surface area contributed by atoms with E-state index in [4.69, 9.17) is 4.51 Å². The van der Waals surface area contributed by atoms with Gasteiger partial charge in [-0.1, -0.05) is 0 Å². The maximum absolute atomic E-state index is 5.30. The van der Waals surface area contributed by atoms with E-state index >= 15 is 0 Å². The molecule has 10 aromatic carbocycles. The number of hydrogen-bond acceptors (Lipinski definition) is 0. The fourth-order valence-corrected chi connectivity index (χ4v) is 18.0. The summed E-state index contributed by atoms with van der Waals surface area (Å²) in [7, 11) is 0. The van der Waals surface area contributed by atoms with Crippen LogP contribution in [0, 0.1) is 10.7 Å². The molecule has 0 bridgehead atoms. The molecule has 1 aliphatic rings. The minimum absolute atomic E-state index is 1.17. The molecule has 0 saturated heterocycles. The molecule has 2 aromatic heterocycles. The Morgan fingerprint density at radius 2 is 0.796 bits per heavy atom. The fraction of sp³-hybridized carbons (Fsp3) is 0. The van der Waals surface area contributed by atoms with Gasteiger partial charge in [0.05, 0.1) is 0 Å². The van der Waals surface area contributed by atoms with Gasteiger partial charge >= 0.3 is 316 Å². The van der Waals surface area contributed by atoms with Crippen LogP contribution in [0.15, 0.2) is 176 Å². The van der Waals surface area contributed by atoms with Crippen LogP contribution in [0.2, 0.25) is 0 Å². The molecule has 0 N–H and O–H groups in total. The standard InChI is InChI=1S/C51H31IN2/c1-52(42-14-4-10-32-18-19-33-11-5-15-43(52)49(33)48(32)42)37-23-26-44-40(29-37)41-30-39(25-27-45(41)53(44)38-24-22-31-8-2-3-9-36(31)28-38)54-46-16-6-12-34-20-21-35-13-7-17-47(54)51(35)50(34)46/h2-30H,1H2. The van der Waals surface area contributed by atoms with Crippen LogP contribution in [0.4, 0.5) is 0 Å². The summed E-state index contributed by atoms with van der Waals surface area (Å²) in [5.41, 5.74) is 7.26. The van der Waals surface area contributed by atoms with Crippen molar-refractivity contribution in [2.75, 3.05) is 0 Å². The van der Waals surface area contributed by atoms with Crippen molar-refractivity contribution in [3.05, 3.63) is 187 Å². The zero-order valence-electron chi connectivity index (χ0n) is 29.2. The number of rotatable bonds is 3. The molecule has 252 valence electrons. The monoisotopic (exact) mass is 798 g/mol. The van der Waals surface area contributed by atoms with Gasteiger partial charge in [-0.3, -0.25) is 0 Å². The summed E-state index contributed by atoms with van der Waals surface area (Å²) >= 11 is -3.20. The van der Waals surface area contributed by atoms with Crippen molar-refractivity contribution in [3.8, 4) is 11.4 Å². The molecule has 1 aliphatic heterocycles. The van der Waals surface area contributed by atoms with Crippen LogP contribution in [-0.2, 0) is 0 Å². The van der Waals surface area contributed by atoms with Gasteiger partial charge in [-0.15, -0.1) is 0 Å². The molecule has 12 aromatic rings. The Bertz CT molecular complexity index is 3520. The van der Waals surface area contributed by atoms with E-state index in [0.717, 1.165) is 0 Å². The summed E-state index contributed by atoms with van der Waals surface area (Å²) in [6.45, 7) is 0. The van der Waals surface area contributed by atoms with Crippen molar-refractivity contribution in [2.45, 2.75) is 0 Å². The summed E-state index contributed by atoms with van der Waals surface area (Å²) in [4.78, 5) is 0. The second-order valence-corrected chi connectivity index (χ2v) is 22.3. The normalized spacial score (nSPS) is 14.4. The molecular formula is C51H31IN2.